The number of carbonyl (C=O) groups excluding carboxylic acids is 1. The van der Waals surface area contributed by atoms with E-state index in [2.05, 4.69) is 12.2 Å². The van der Waals surface area contributed by atoms with E-state index < -0.39 is 0 Å². The molecule has 1 aliphatic carbocycles. The zero-order valence-corrected chi connectivity index (χ0v) is 9.30. The first-order valence-electron chi connectivity index (χ1n) is 6.00. The fourth-order valence-electron chi connectivity index (χ4n) is 2.13. The molecule has 0 radical (unpaired) electrons. The third-order valence-electron chi connectivity index (χ3n) is 3.14. The summed E-state index contributed by atoms with van der Waals surface area (Å²) in [6.07, 6.45) is 9.66. The van der Waals surface area contributed by atoms with E-state index in [4.69, 9.17) is 0 Å². The van der Waals surface area contributed by atoms with Crippen LogP contribution in [0.1, 0.15) is 51.9 Å². The molecule has 0 spiro atoms. The molecule has 1 unspecified atom stereocenters. The normalized spacial score (nSPS) is 20.6. The summed E-state index contributed by atoms with van der Waals surface area (Å²) in [4.78, 5) is 10.2. The van der Waals surface area contributed by atoms with Crippen LogP contribution in [0.5, 0.6) is 0 Å². The van der Waals surface area contributed by atoms with Gasteiger partial charge < -0.3 is 10.1 Å². The highest BCUT2D eigenvalue weighted by Crippen LogP contribution is 2.17. The van der Waals surface area contributed by atoms with Crippen molar-refractivity contribution in [2.45, 2.75) is 57.9 Å². The topological polar surface area (TPSA) is 29.1 Å². The molecule has 0 aromatic rings. The minimum Gasteiger partial charge on any atom is -0.314 e. The Morgan fingerprint density at radius 3 is 2.71 bits per heavy atom. The standard InChI is InChI=1S/C12H23NO/c1-11(6-5-9-14)10-13-12-7-3-2-4-8-12/h9,11-13H,2-8,10H2,1H3. The average molecular weight is 197 g/mol. The number of hydrogen-bond acceptors (Lipinski definition) is 2. The molecule has 82 valence electrons. The fraction of sp³-hybridized carbons (Fsp3) is 0.917. The second kappa shape index (κ2) is 6.99. The molecule has 0 aliphatic heterocycles. The van der Waals surface area contributed by atoms with E-state index in [9.17, 15) is 4.79 Å². The Morgan fingerprint density at radius 2 is 2.07 bits per heavy atom. The van der Waals surface area contributed by atoms with Gasteiger partial charge in [0, 0.05) is 12.5 Å². The van der Waals surface area contributed by atoms with Gasteiger partial charge in [-0.2, -0.15) is 0 Å². The molecule has 1 aliphatic rings. The minimum atomic E-state index is 0.641. The van der Waals surface area contributed by atoms with Crippen molar-refractivity contribution in [3.8, 4) is 0 Å². The molecule has 2 nitrogen and oxygen atoms in total. The zero-order chi connectivity index (χ0) is 10.2. The molecule has 1 N–H and O–H groups in total. The summed E-state index contributed by atoms with van der Waals surface area (Å²) < 4.78 is 0. The maximum atomic E-state index is 10.2. The lowest BCUT2D eigenvalue weighted by molar-refractivity contribution is -0.108. The monoisotopic (exact) mass is 197 g/mol. The summed E-state index contributed by atoms with van der Waals surface area (Å²) in [7, 11) is 0. The molecule has 0 saturated heterocycles. The minimum absolute atomic E-state index is 0.641. The molecular formula is C12H23NO. The van der Waals surface area contributed by atoms with E-state index in [0.29, 0.717) is 12.3 Å². The van der Waals surface area contributed by atoms with Gasteiger partial charge in [0.25, 0.3) is 0 Å². The van der Waals surface area contributed by atoms with E-state index in [-0.39, 0.29) is 0 Å². The quantitative estimate of drug-likeness (QED) is 0.663. The van der Waals surface area contributed by atoms with Crippen LogP contribution in [0.15, 0.2) is 0 Å². The summed E-state index contributed by atoms with van der Waals surface area (Å²) in [5.41, 5.74) is 0. The van der Waals surface area contributed by atoms with Gasteiger partial charge in [0.1, 0.15) is 6.29 Å². The summed E-state index contributed by atoms with van der Waals surface area (Å²) in [5, 5.41) is 3.61. The molecule has 0 amide bonds. The summed E-state index contributed by atoms with van der Waals surface area (Å²) in [6.45, 7) is 3.30. The number of carbonyl (C=O) groups is 1. The Bertz CT molecular complexity index is 152. The first-order valence-corrected chi connectivity index (χ1v) is 6.00. The van der Waals surface area contributed by atoms with Crippen LogP contribution in [0.25, 0.3) is 0 Å². The predicted octanol–water partition coefficient (Wildman–Crippen LogP) is 2.52. The van der Waals surface area contributed by atoms with Crippen molar-refractivity contribution in [2.24, 2.45) is 5.92 Å². The van der Waals surface area contributed by atoms with E-state index in [0.717, 1.165) is 25.3 Å². The van der Waals surface area contributed by atoms with E-state index in [1.54, 1.807) is 0 Å². The largest absolute Gasteiger partial charge is 0.314 e. The molecule has 14 heavy (non-hydrogen) atoms. The van der Waals surface area contributed by atoms with E-state index in [1.165, 1.54) is 32.1 Å². The van der Waals surface area contributed by atoms with Gasteiger partial charge in [-0.3, -0.25) is 0 Å². The maximum absolute atomic E-state index is 10.2. The molecule has 1 fully saturated rings. The van der Waals surface area contributed by atoms with Gasteiger partial charge in [-0.1, -0.05) is 26.2 Å². The van der Waals surface area contributed by atoms with Gasteiger partial charge in [0.05, 0.1) is 0 Å². The van der Waals surface area contributed by atoms with Crippen molar-refractivity contribution < 1.29 is 4.79 Å². The van der Waals surface area contributed by atoms with Crippen molar-refractivity contribution >= 4 is 6.29 Å². The first kappa shape index (κ1) is 11.7. The number of rotatable bonds is 6. The summed E-state index contributed by atoms with van der Waals surface area (Å²) in [5.74, 6) is 0.641. The van der Waals surface area contributed by atoms with Gasteiger partial charge in [-0.25, -0.2) is 0 Å². The van der Waals surface area contributed by atoms with Gasteiger partial charge in [-0.15, -0.1) is 0 Å². The van der Waals surface area contributed by atoms with Crippen LogP contribution in [-0.4, -0.2) is 18.9 Å². The lowest BCUT2D eigenvalue weighted by Crippen LogP contribution is -2.34. The van der Waals surface area contributed by atoms with E-state index in [1.807, 2.05) is 0 Å². The molecule has 0 heterocycles. The molecule has 1 atom stereocenters. The second-order valence-corrected chi connectivity index (χ2v) is 4.59. The van der Waals surface area contributed by atoms with Crippen molar-refractivity contribution in [3.05, 3.63) is 0 Å². The smallest absolute Gasteiger partial charge is 0.120 e. The van der Waals surface area contributed by atoms with Gasteiger partial charge in [0.2, 0.25) is 0 Å². The SMILES string of the molecule is CC(CCC=O)CNC1CCCCC1. The van der Waals surface area contributed by atoms with E-state index >= 15 is 0 Å². The van der Waals surface area contributed by atoms with Crippen molar-refractivity contribution in [3.63, 3.8) is 0 Å². The van der Waals surface area contributed by atoms with Crippen LogP contribution in [-0.2, 0) is 4.79 Å². The van der Waals surface area contributed by atoms with Crippen molar-refractivity contribution in [1.29, 1.82) is 0 Å². The number of hydrogen-bond donors (Lipinski definition) is 1. The lowest BCUT2D eigenvalue weighted by atomic mass is 9.95. The Kier molecular flexibility index (Phi) is 5.85. The zero-order valence-electron chi connectivity index (χ0n) is 9.30. The lowest BCUT2D eigenvalue weighted by Gasteiger charge is -2.24. The first-order chi connectivity index (χ1) is 6.83. The molecule has 1 rings (SSSR count). The Labute approximate surface area is 87.5 Å². The molecule has 1 saturated carbocycles. The average Bonchev–Trinajstić information content (AvgIpc) is 2.25. The van der Waals surface area contributed by atoms with Crippen LogP contribution in [0.2, 0.25) is 0 Å². The van der Waals surface area contributed by atoms with Gasteiger partial charge in [-0.05, 0) is 31.7 Å². The van der Waals surface area contributed by atoms with Gasteiger partial charge in [0.15, 0.2) is 0 Å². The third kappa shape index (κ3) is 4.75. The molecule has 0 bridgehead atoms. The maximum Gasteiger partial charge on any atom is 0.120 e. The highest BCUT2D eigenvalue weighted by molar-refractivity contribution is 5.49. The van der Waals surface area contributed by atoms with Crippen molar-refractivity contribution in [1.82, 2.24) is 5.32 Å². The fourth-order valence-corrected chi connectivity index (χ4v) is 2.13. The highest BCUT2D eigenvalue weighted by Gasteiger charge is 2.13. The van der Waals surface area contributed by atoms with Crippen LogP contribution in [0.4, 0.5) is 0 Å². The predicted molar refractivity (Wildman–Crippen MR) is 59.3 cm³/mol. The van der Waals surface area contributed by atoms with Crippen LogP contribution < -0.4 is 5.32 Å². The summed E-state index contributed by atoms with van der Waals surface area (Å²) >= 11 is 0. The molecular weight excluding hydrogens is 174 g/mol. The molecule has 0 aromatic heterocycles. The van der Waals surface area contributed by atoms with Crippen LogP contribution in [0, 0.1) is 5.92 Å². The Morgan fingerprint density at radius 1 is 1.36 bits per heavy atom. The second-order valence-electron chi connectivity index (χ2n) is 4.59. The van der Waals surface area contributed by atoms with Crippen molar-refractivity contribution in [2.75, 3.05) is 6.54 Å². The molecule has 2 heteroatoms. The summed E-state index contributed by atoms with van der Waals surface area (Å²) in [6, 6.07) is 0.752. The highest BCUT2D eigenvalue weighted by atomic mass is 16.1. The number of aldehydes is 1. The van der Waals surface area contributed by atoms with Crippen LogP contribution >= 0.6 is 0 Å². The third-order valence-corrected chi connectivity index (χ3v) is 3.14. The van der Waals surface area contributed by atoms with Crippen LogP contribution in [0.3, 0.4) is 0 Å². The van der Waals surface area contributed by atoms with Gasteiger partial charge >= 0.3 is 0 Å². The number of nitrogens with one attached hydrogen (secondary N) is 1. The Hall–Kier alpha value is -0.370. The molecule has 0 aromatic carbocycles. The Balaban J connectivity index is 2.03.